The molecule has 0 aliphatic carbocycles. The van der Waals surface area contributed by atoms with E-state index < -0.39 is 17.6 Å². The third-order valence-corrected chi connectivity index (χ3v) is 3.98. The molecule has 0 aliphatic rings. The number of anilines is 1. The van der Waals surface area contributed by atoms with Crippen molar-refractivity contribution in [2.45, 2.75) is 6.54 Å². The Morgan fingerprint density at radius 2 is 1.86 bits per heavy atom. The summed E-state index contributed by atoms with van der Waals surface area (Å²) in [6.45, 7) is 0.0408. The van der Waals surface area contributed by atoms with Crippen LogP contribution in [-0.2, 0) is 6.54 Å². The zero-order valence-electron chi connectivity index (χ0n) is 15.1. The Balaban J connectivity index is 1.68. The number of rotatable bonds is 6. The number of carbonyl (C=O) groups excluding carboxylic acids is 2. The zero-order chi connectivity index (χ0) is 19.9. The lowest BCUT2D eigenvalue weighted by Gasteiger charge is -2.09. The number of hydrogen-bond donors (Lipinski definition) is 2. The molecule has 0 saturated heterocycles. The summed E-state index contributed by atoms with van der Waals surface area (Å²) in [4.78, 5) is 28.8. The van der Waals surface area contributed by atoms with Crippen LogP contribution in [0, 0.1) is 5.82 Å². The van der Waals surface area contributed by atoms with Crippen LogP contribution in [0.4, 0.5) is 10.1 Å². The van der Waals surface area contributed by atoms with Crippen LogP contribution in [0.1, 0.15) is 26.4 Å². The van der Waals surface area contributed by atoms with Gasteiger partial charge in [-0.2, -0.15) is 0 Å². The highest BCUT2D eigenvalue weighted by Crippen LogP contribution is 2.17. The summed E-state index contributed by atoms with van der Waals surface area (Å²) in [5.74, 6) is -0.680. The van der Waals surface area contributed by atoms with E-state index in [0.29, 0.717) is 17.0 Å². The maximum absolute atomic E-state index is 13.7. The first-order chi connectivity index (χ1) is 13.6. The lowest BCUT2D eigenvalue weighted by Crippen LogP contribution is -2.24. The molecular formula is C21H18FN3O3. The van der Waals surface area contributed by atoms with E-state index in [2.05, 4.69) is 15.6 Å². The van der Waals surface area contributed by atoms with Crippen molar-refractivity contribution >= 4 is 17.5 Å². The van der Waals surface area contributed by atoms with Crippen LogP contribution >= 0.6 is 0 Å². The fraction of sp³-hybridized carbons (Fsp3) is 0.0952. The van der Waals surface area contributed by atoms with Crippen molar-refractivity contribution in [3.8, 4) is 5.75 Å². The van der Waals surface area contributed by atoms with Crippen LogP contribution in [-0.4, -0.2) is 23.9 Å². The number of carbonyl (C=O) groups is 2. The second kappa shape index (κ2) is 8.77. The summed E-state index contributed by atoms with van der Waals surface area (Å²) in [5.41, 5.74) is 1.25. The highest BCUT2D eigenvalue weighted by atomic mass is 19.1. The number of amides is 2. The normalized spacial score (nSPS) is 10.2. The number of hydrogen-bond acceptors (Lipinski definition) is 4. The molecule has 0 unspecified atom stereocenters. The van der Waals surface area contributed by atoms with Gasteiger partial charge in [-0.05, 0) is 30.3 Å². The first kappa shape index (κ1) is 19.0. The van der Waals surface area contributed by atoms with Crippen LogP contribution < -0.4 is 15.4 Å². The summed E-state index contributed by atoms with van der Waals surface area (Å²) in [6, 6.07) is 15.9. The first-order valence-electron chi connectivity index (χ1n) is 8.50. The molecule has 3 rings (SSSR count). The van der Waals surface area contributed by atoms with Gasteiger partial charge in [-0.1, -0.05) is 24.3 Å². The van der Waals surface area contributed by atoms with E-state index >= 15 is 0 Å². The molecule has 0 bridgehead atoms. The van der Waals surface area contributed by atoms with Crippen molar-refractivity contribution in [2.75, 3.05) is 12.4 Å². The molecule has 0 atom stereocenters. The van der Waals surface area contributed by atoms with E-state index in [-0.39, 0.29) is 17.8 Å². The quantitative estimate of drug-likeness (QED) is 0.688. The topological polar surface area (TPSA) is 80.3 Å². The fourth-order valence-corrected chi connectivity index (χ4v) is 2.51. The van der Waals surface area contributed by atoms with E-state index in [4.69, 9.17) is 4.74 Å². The van der Waals surface area contributed by atoms with Gasteiger partial charge in [0.1, 0.15) is 17.3 Å². The van der Waals surface area contributed by atoms with Crippen molar-refractivity contribution in [3.05, 3.63) is 89.5 Å². The minimum Gasteiger partial charge on any atom is -0.497 e. The largest absolute Gasteiger partial charge is 0.497 e. The van der Waals surface area contributed by atoms with Gasteiger partial charge in [0, 0.05) is 35.6 Å². The molecule has 1 heterocycles. The Morgan fingerprint density at radius 3 is 2.64 bits per heavy atom. The molecule has 0 saturated carbocycles. The summed E-state index contributed by atoms with van der Waals surface area (Å²) in [6.07, 6.45) is 1.37. The van der Waals surface area contributed by atoms with Crippen molar-refractivity contribution in [1.82, 2.24) is 10.3 Å². The lowest BCUT2D eigenvalue weighted by molar-refractivity contribution is 0.0950. The number of halogens is 1. The molecule has 0 radical (unpaired) electrons. The van der Waals surface area contributed by atoms with Crippen LogP contribution in [0.3, 0.4) is 0 Å². The molecule has 2 amide bonds. The third kappa shape index (κ3) is 4.70. The SMILES string of the molecule is COc1cccc(NC(=O)c2cc(C(=O)NCc3ccccc3F)ccn2)c1. The molecule has 142 valence electrons. The van der Waals surface area contributed by atoms with Crippen LogP contribution in [0.15, 0.2) is 66.9 Å². The van der Waals surface area contributed by atoms with Gasteiger partial charge < -0.3 is 15.4 Å². The Kier molecular flexibility index (Phi) is 5.96. The molecule has 6 nitrogen and oxygen atoms in total. The number of methoxy groups -OCH3 is 1. The molecule has 0 fully saturated rings. The van der Waals surface area contributed by atoms with Gasteiger partial charge in [0.15, 0.2) is 0 Å². The summed E-state index contributed by atoms with van der Waals surface area (Å²) < 4.78 is 18.8. The van der Waals surface area contributed by atoms with E-state index in [1.165, 1.54) is 31.5 Å². The van der Waals surface area contributed by atoms with Crippen LogP contribution in [0.25, 0.3) is 0 Å². The molecule has 7 heteroatoms. The van der Waals surface area contributed by atoms with Gasteiger partial charge in [-0.25, -0.2) is 4.39 Å². The third-order valence-electron chi connectivity index (χ3n) is 3.98. The summed E-state index contributed by atoms with van der Waals surface area (Å²) in [5, 5.41) is 5.33. The van der Waals surface area contributed by atoms with Crippen molar-refractivity contribution < 1.29 is 18.7 Å². The van der Waals surface area contributed by atoms with Crippen LogP contribution in [0.5, 0.6) is 5.75 Å². The van der Waals surface area contributed by atoms with Gasteiger partial charge in [0.25, 0.3) is 11.8 Å². The van der Waals surface area contributed by atoms with Gasteiger partial charge in [0.2, 0.25) is 0 Å². The summed E-state index contributed by atoms with van der Waals surface area (Å²) in [7, 11) is 1.53. The number of ether oxygens (including phenoxy) is 1. The second-order valence-electron chi connectivity index (χ2n) is 5.89. The Bertz CT molecular complexity index is 1010. The van der Waals surface area contributed by atoms with Crippen molar-refractivity contribution in [1.29, 1.82) is 0 Å². The number of pyridine rings is 1. The second-order valence-corrected chi connectivity index (χ2v) is 5.89. The minimum atomic E-state index is -0.461. The lowest BCUT2D eigenvalue weighted by atomic mass is 10.2. The molecule has 0 spiro atoms. The monoisotopic (exact) mass is 379 g/mol. The standard InChI is InChI=1S/C21H18FN3O3/c1-28-17-7-4-6-16(12-17)25-21(27)19-11-14(9-10-23-19)20(26)24-13-15-5-2-3-8-18(15)22/h2-12H,13H2,1H3,(H,24,26)(H,25,27). The predicted octanol–water partition coefficient (Wildman–Crippen LogP) is 3.41. The summed E-state index contributed by atoms with van der Waals surface area (Å²) >= 11 is 0. The van der Waals surface area contributed by atoms with E-state index in [1.807, 2.05) is 0 Å². The van der Waals surface area contributed by atoms with E-state index in [0.717, 1.165) is 0 Å². The van der Waals surface area contributed by atoms with E-state index in [1.54, 1.807) is 42.5 Å². The van der Waals surface area contributed by atoms with Crippen LogP contribution in [0.2, 0.25) is 0 Å². The average molecular weight is 379 g/mol. The highest BCUT2D eigenvalue weighted by Gasteiger charge is 2.13. The number of aromatic nitrogens is 1. The molecule has 2 N–H and O–H groups in total. The Hall–Kier alpha value is -3.74. The molecule has 1 aromatic heterocycles. The maximum atomic E-state index is 13.7. The van der Waals surface area contributed by atoms with Gasteiger partial charge in [-0.15, -0.1) is 0 Å². The Labute approximate surface area is 161 Å². The molecule has 2 aromatic carbocycles. The smallest absolute Gasteiger partial charge is 0.274 e. The molecule has 0 aliphatic heterocycles. The minimum absolute atomic E-state index is 0.0408. The Morgan fingerprint density at radius 1 is 1.04 bits per heavy atom. The average Bonchev–Trinajstić information content (AvgIpc) is 2.73. The highest BCUT2D eigenvalue weighted by molar-refractivity contribution is 6.04. The predicted molar refractivity (Wildman–Crippen MR) is 103 cm³/mol. The molecular weight excluding hydrogens is 361 g/mol. The van der Waals surface area contributed by atoms with Crippen molar-refractivity contribution in [2.24, 2.45) is 0 Å². The molecule has 3 aromatic rings. The number of nitrogens with zero attached hydrogens (tertiary/aromatic N) is 1. The molecule has 28 heavy (non-hydrogen) atoms. The van der Waals surface area contributed by atoms with E-state index in [9.17, 15) is 14.0 Å². The number of benzene rings is 2. The maximum Gasteiger partial charge on any atom is 0.274 e. The number of nitrogens with one attached hydrogen (secondary N) is 2. The first-order valence-corrected chi connectivity index (χ1v) is 8.50. The van der Waals surface area contributed by atoms with Crippen molar-refractivity contribution in [3.63, 3.8) is 0 Å². The van der Waals surface area contributed by atoms with Gasteiger partial charge in [-0.3, -0.25) is 14.6 Å². The fourth-order valence-electron chi connectivity index (χ4n) is 2.51. The van der Waals surface area contributed by atoms with Gasteiger partial charge >= 0.3 is 0 Å². The van der Waals surface area contributed by atoms with Gasteiger partial charge in [0.05, 0.1) is 7.11 Å². The zero-order valence-corrected chi connectivity index (χ0v) is 15.1.